The van der Waals surface area contributed by atoms with Crippen LogP contribution in [0.25, 0.3) is 0 Å². The number of carbonyl (C=O) groups excluding carboxylic acids is 2. The first kappa shape index (κ1) is 14.9. The van der Waals surface area contributed by atoms with Crippen molar-refractivity contribution < 1.29 is 28.4 Å². The number of hydrogen-bond donors (Lipinski definition) is 0. The summed E-state index contributed by atoms with van der Waals surface area (Å²) in [5, 5.41) is 0. The fourth-order valence-corrected chi connectivity index (χ4v) is 1.25. The largest absolute Gasteiger partial charge is 0.641 e. The highest BCUT2D eigenvalue weighted by Gasteiger charge is 2.31. The van der Waals surface area contributed by atoms with Gasteiger partial charge in [0, 0.05) is 5.46 Å². The molecule has 1 aromatic rings. The molecule has 0 aliphatic rings. The molecule has 0 atom stereocenters. The molecular weight excluding hydrogens is 251 g/mol. The Morgan fingerprint density at radius 1 is 0.947 bits per heavy atom. The van der Waals surface area contributed by atoms with E-state index in [0.29, 0.717) is 5.46 Å². The molecule has 0 fully saturated rings. The molecule has 1 aromatic carbocycles. The van der Waals surface area contributed by atoms with E-state index in [1.54, 1.807) is 44.2 Å². The van der Waals surface area contributed by atoms with Crippen molar-refractivity contribution in [3.63, 3.8) is 0 Å². The van der Waals surface area contributed by atoms with Gasteiger partial charge in [0.1, 0.15) is 0 Å². The molecule has 0 spiro atoms. The molecule has 19 heavy (non-hydrogen) atoms. The molecule has 0 saturated heterocycles. The third-order valence-electron chi connectivity index (χ3n) is 2.00. The maximum atomic E-state index is 11.3. The highest BCUT2D eigenvalue weighted by atomic mass is 16.8. The molecule has 0 unspecified atom stereocenters. The Balaban J connectivity index is 2.73. The Bertz CT molecular complexity index is 388. The molecule has 102 valence electrons. The van der Waals surface area contributed by atoms with Crippen molar-refractivity contribution in [1.29, 1.82) is 0 Å². The van der Waals surface area contributed by atoms with Crippen molar-refractivity contribution in [1.82, 2.24) is 0 Å². The Morgan fingerprint density at radius 2 is 1.42 bits per heavy atom. The summed E-state index contributed by atoms with van der Waals surface area (Å²) < 4.78 is 19.1. The Labute approximate surface area is 111 Å². The van der Waals surface area contributed by atoms with Gasteiger partial charge >= 0.3 is 19.4 Å². The summed E-state index contributed by atoms with van der Waals surface area (Å²) in [6.45, 7) is 3.62. The van der Waals surface area contributed by atoms with Crippen LogP contribution in [0.1, 0.15) is 13.8 Å². The number of rotatable bonds is 5. The van der Waals surface area contributed by atoms with Crippen LogP contribution in [0.3, 0.4) is 0 Å². The Kier molecular flexibility index (Phi) is 6.28. The summed E-state index contributed by atoms with van der Waals surface area (Å²) in [5.74, 6) is 0. The minimum atomic E-state index is -1.20. The third-order valence-corrected chi connectivity index (χ3v) is 2.00. The van der Waals surface area contributed by atoms with Crippen LogP contribution in [0.5, 0.6) is 0 Å². The highest BCUT2D eigenvalue weighted by molar-refractivity contribution is 6.64. The molecule has 0 radical (unpaired) electrons. The molecule has 0 aromatic heterocycles. The maximum Gasteiger partial charge on any atom is 0.641 e. The summed E-state index contributed by atoms with van der Waals surface area (Å²) in [4.78, 5) is 22.6. The van der Waals surface area contributed by atoms with E-state index in [9.17, 15) is 9.59 Å². The summed E-state index contributed by atoms with van der Waals surface area (Å²) in [6, 6.07) is 8.55. The Morgan fingerprint density at radius 3 is 1.84 bits per heavy atom. The fraction of sp³-hybridized carbons (Fsp3) is 0.333. The lowest BCUT2D eigenvalue weighted by Crippen LogP contribution is -2.40. The second-order valence-electron chi connectivity index (χ2n) is 3.34. The number of hydrogen-bond acceptors (Lipinski definition) is 6. The van der Waals surface area contributed by atoms with Gasteiger partial charge in [-0.2, -0.15) is 0 Å². The zero-order valence-corrected chi connectivity index (χ0v) is 10.8. The van der Waals surface area contributed by atoms with Crippen LogP contribution in [0, 0.1) is 0 Å². The van der Waals surface area contributed by atoms with Gasteiger partial charge < -0.3 is 18.8 Å². The normalized spacial score (nSPS) is 9.37. The molecule has 0 N–H and O–H groups in total. The van der Waals surface area contributed by atoms with Gasteiger partial charge in [-0.05, 0) is 13.8 Å². The summed E-state index contributed by atoms with van der Waals surface area (Å²) in [6.07, 6.45) is -1.83. The van der Waals surface area contributed by atoms with Gasteiger partial charge in [-0.1, -0.05) is 30.3 Å². The average molecular weight is 266 g/mol. The minimum absolute atomic E-state index is 0.166. The molecule has 0 aliphatic heterocycles. The lowest BCUT2D eigenvalue weighted by atomic mass is 9.79. The number of benzene rings is 1. The van der Waals surface area contributed by atoms with Crippen LogP contribution in [0.4, 0.5) is 9.59 Å². The zero-order valence-electron chi connectivity index (χ0n) is 10.8. The molecule has 1 rings (SSSR count). The van der Waals surface area contributed by atoms with Crippen LogP contribution in [0.15, 0.2) is 30.3 Å². The first-order valence-electron chi connectivity index (χ1n) is 5.89. The zero-order chi connectivity index (χ0) is 14.1. The predicted octanol–water partition coefficient (Wildman–Crippen LogP) is 1.73. The smallest absolute Gasteiger partial charge is 0.462 e. The third kappa shape index (κ3) is 5.33. The van der Waals surface area contributed by atoms with E-state index in [1.165, 1.54) is 0 Å². The molecule has 0 saturated carbocycles. The minimum Gasteiger partial charge on any atom is -0.462 e. The van der Waals surface area contributed by atoms with Crippen LogP contribution in [0.2, 0.25) is 0 Å². The molecule has 6 nitrogen and oxygen atoms in total. The lowest BCUT2D eigenvalue weighted by molar-refractivity contribution is 0.0791. The summed E-state index contributed by atoms with van der Waals surface area (Å²) in [7, 11) is -1.20. The predicted molar refractivity (Wildman–Crippen MR) is 68.0 cm³/mol. The van der Waals surface area contributed by atoms with Gasteiger partial charge in [-0.15, -0.1) is 0 Å². The quantitative estimate of drug-likeness (QED) is 0.597. The van der Waals surface area contributed by atoms with Gasteiger partial charge in [0.2, 0.25) is 0 Å². The van der Waals surface area contributed by atoms with Crippen LogP contribution in [-0.4, -0.2) is 32.6 Å². The highest BCUT2D eigenvalue weighted by Crippen LogP contribution is 1.99. The van der Waals surface area contributed by atoms with E-state index in [1.807, 2.05) is 0 Å². The molecular formula is C12H15BO6. The fourth-order valence-electron chi connectivity index (χ4n) is 1.25. The second-order valence-corrected chi connectivity index (χ2v) is 3.34. The van der Waals surface area contributed by atoms with Crippen molar-refractivity contribution >= 4 is 24.9 Å². The van der Waals surface area contributed by atoms with Gasteiger partial charge in [-0.25, -0.2) is 9.59 Å². The van der Waals surface area contributed by atoms with E-state index in [-0.39, 0.29) is 13.2 Å². The first-order valence-corrected chi connectivity index (χ1v) is 5.89. The molecule has 7 heteroatoms. The lowest BCUT2D eigenvalue weighted by Gasteiger charge is -2.13. The van der Waals surface area contributed by atoms with E-state index >= 15 is 0 Å². The van der Waals surface area contributed by atoms with E-state index in [2.05, 4.69) is 9.47 Å². The van der Waals surface area contributed by atoms with Crippen molar-refractivity contribution in [2.45, 2.75) is 13.8 Å². The Hall–Kier alpha value is -2.18. The van der Waals surface area contributed by atoms with Crippen molar-refractivity contribution in [3.05, 3.63) is 30.3 Å². The first-order chi connectivity index (χ1) is 9.17. The maximum absolute atomic E-state index is 11.3. The standard InChI is InChI=1S/C12H15BO6/c1-3-16-11(14)18-13(19-12(15)17-4-2)10-8-6-5-7-9-10/h5-9H,3-4H2,1-2H3. The molecule has 0 bridgehead atoms. The van der Waals surface area contributed by atoms with Crippen molar-refractivity contribution in [3.8, 4) is 0 Å². The van der Waals surface area contributed by atoms with Crippen molar-refractivity contribution in [2.75, 3.05) is 13.2 Å². The SMILES string of the molecule is CCOC(=O)OB(OC(=O)OCC)c1ccccc1. The van der Waals surface area contributed by atoms with Crippen LogP contribution < -0.4 is 5.46 Å². The van der Waals surface area contributed by atoms with Crippen molar-refractivity contribution in [2.24, 2.45) is 0 Å². The summed E-state index contributed by atoms with van der Waals surface area (Å²) in [5.41, 5.74) is 0.503. The van der Waals surface area contributed by atoms with E-state index in [4.69, 9.17) is 9.31 Å². The van der Waals surface area contributed by atoms with E-state index in [0.717, 1.165) is 0 Å². The van der Waals surface area contributed by atoms with E-state index < -0.39 is 19.4 Å². The number of ether oxygens (including phenoxy) is 2. The van der Waals surface area contributed by atoms with Crippen LogP contribution in [-0.2, 0) is 18.8 Å². The topological polar surface area (TPSA) is 71.1 Å². The molecule has 0 heterocycles. The molecule has 0 amide bonds. The van der Waals surface area contributed by atoms with Gasteiger partial charge in [0.05, 0.1) is 13.2 Å². The average Bonchev–Trinajstić information content (AvgIpc) is 2.39. The monoisotopic (exact) mass is 266 g/mol. The van der Waals surface area contributed by atoms with Gasteiger partial charge in [0.15, 0.2) is 0 Å². The number of carbonyl (C=O) groups is 2. The summed E-state index contributed by atoms with van der Waals surface area (Å²) >= 11 is 0. The molecule has 0 aliphatic carbocycles. The second kappa shape index (κ2) is 8.02. The van der Waals surface area contributed by atoms with Gasteiger partial charge in [-0.3, -0.25) is 0 Å². The van der Waals surface area contributed by atoms with Gasteiger partial charge in [0.25, 0.3) is 0 Å². The van der Waals surface area contributed by atoms with Crippen LogP contribution >= 0.6 is 0 Å².